The highest BCUT2D eigenvalue weighted by molar-refractivity contribution is 5.89. The van der Waals surface area contributed by atoms with Crippen molar-refractivity contribution in [2.45, 2.75) is 12.6 Å². The predicted molar refractivity (Wildman–Crippen MR) is 90.0 cm³/mol. The summed E-state index contributed by atoms with van der Waals surface area (Å²) in [5.41, 5.74) is 0.661. The second-order valence-corrected chi connectivity index (χ2v) is 5.98. The van der Waals surface area contributed by atoms with E-state index in [1.165, 1.54) is 0 Å². The smallest absolute Gasteiger partial charge is 0.322 e. The van der Waals surface area contributed by atoms with E-state index in [1.54, 1.807) is 22.0 Å². The summed E-state index contributed by atoms with van der Waals surface area (Å²) in [4.78, 5) is 13.9. The molecule has 4 rings (SSSR count). The molecule has 2 aromatic rings. The molecule has 1 fully saturated rings. The van der Waals surface area contributed by atoms with Crippen LogP contribution in [0.5, 0.6) is 11.5 Å². The third-order valence-corrected chi connectivity index (χ3v) is 4.14. The van der Waals surface area contributed by atoms with E-state index in [-0.39, 0.29) is 12.1 Å². The number of nitrogens with zero attached hydrogens (tertiary/aromatic N) is 3. The summed E-state index contributed by atoms with van der Waals surface area (Å²) in [7, 11) is 0. The van der Waals surface area contributed by atoms with Crippen molar-refractivity contribution in [1.82, 2.24) is 14.7 Å². The largest absolute Gasteiger partial charge is 0.486 e. The Hall–Kier alpha value is -2.74. The van der Waals surface area contributed by atoms with E-state index in [0.29, 0.717) is 45.1 Å². The topological polar surface area (TPSA) is 77.9 Å². The number of aromatic nitrogens is 2. The summed E-state index contributed by atoms with van der Waals surface area (Å²) < 4.78 is 18.6. The van der Waals surface area contributed by atoms with E-state index < -0.39 is 0 Å². The number of hydrogen-bond donors (Lipinski definition) is 1. The molecule has 0 radical (unpaired) electrons. The van der Waals surface area contributed by atoms with Crippen LogP contribution >= 0.6 is 0 Å². The van der Waals surface area contributed by atoms with Crippen LogP contribution in [-0.2, 0) is 11.3 Å². The maximum absolute atomic E-state index is 12.2. The zero-order chi connectivity index (χ0) is 17.1. The van der Waals surface area contributed by atoms with Gasteiger partial charge in [-0.2, -0.15) is 5.10 Å². The zero-order valence-electron chi connectivity index (χ0n) is 13.8. The van der Waals surface area contributed by atoms with E-state index in [2.05, 4.69) is 10.4 Å². The summed E-state index contributed by atoms with van der Waals surface area (Å²) in [5, 5.41) is 7.15. The lowest BCUT2D eigenvalue weighted by Crippen LogP contribution is -2.43. The zero-order valence-corrected chi connectivity index (χ0v) is 13.8. The lowest BCUT2D eigenvalue weighted by Gasteiger charge is -2.26. The van der Waals surface area contributed by atoms with Crippen molar-refractivity contribution in [2.75, 3.05) is 38.2 Å². The Morgan fingerprint density at radius 2 is 2.04 bits per heavy atom. The molecule has 2 aliphatic heterocycles. The normalized spacial score (nSPS) is 19.5. The number of fused-ring (bicyclic) bond motifs is 1. The summed E-state index contributed by atoms with van der Waals surface area (Å²) in [6.07, 6.45) is 3.30. The Balaban J connectivity index is 1.33. The molecule has 0 bridgehead atoms. The van der Waals surface area contributed by atoms with Crippen LogP contribution in [0.4, 0.5) is 10.5 Å². The van der Waals surface area contributed by atoms with Gasteiger partial charge in [0.05, 0.1) is 31.6 Å². The fourth-order valence-electron chi connectivity index (χ4n) is 2.86. The molecule has 1 atom stereocenters. The molecule has 2 amide bonds. The van der Waals surface area contributed by atoms with Crippen molar-refractivity contribution < 1.29 is 19.0 Å². The lowest BCUT2D eigenvalue weighted by atomic mass is 10.2. The van der Waals surface area contributed by atoms with Gasteiger partial charge in [0.1, 0.15) is 6.61 Å². The number of nitrogens with one attached hydrogen (secondary N) is 1. The molecule has 0 saturated carbocycles. The summed E-state index contributed by atoms with van der Waals surface area (Å²) in [6, 6.07) is 7.48. The van der Waals surface area contributed by atoms with E-state index in [4.69, 9.17) is 14.2 Å². The molecular formula is C17H20N4O4. The van der Waals surface area contributed by atoms with Crippen LogP contribution in [0.25, 0.3) is 0 Å². The fourth-order valence-corrected chi connectivity index (χ4v) is 2.86. The highest BCUT2D eigenvalue weighted by Crippen LogP contribution is 2.31. The molecule has 2 aliphatic rings. The van der Waals surface area contributed by atoms with Crippen molar-refractivity contribution in [3.05, 3.63) is 36.7 Å². The molecule has 8 heteroatoms. The molecular weight excluding hydrogens is 324 g/mol. The number of rotatable bonds is 3. The minimum absolute atomic E-state index is 0.127. The number of urea groups is 1. The van der Waals surface area contributed by atoms with Gasteiger partial charge in [0.2, 0.25) is 0 Å². The second-order valence-electron chi connectivity index (χ2n) is 5.98. The first kappa shape index (κ1) is 15.8. The summed E-state index contributed by atoms with van der Waals surface area (Å²) >= 11 is 0. The molecule has 25 heavy (non-hydrogen) atoms. The number of carbonyl (C=O) groups excluding carboxylic acids is 1. The standard InChI is InChI=1S/C17H20N4O4/c22-17(20-5-7-23-8-6-20)19-13-9-18-21(10-13)11-14-12-24-15-3-1-2-4-16(15)25-14/h1-4,9-10,14H,5-8,11-12H2,(H,19,22)/t14-/m0/s1. The molecule has 8 nitrogen and oxygen atoms in total. The van der Waals surface area contributed by atoms with Gasteiger partial charge in [-0.3, -0.25) is 4.68 Å². The Morgan fingerprint density at radius 1 is 1.24 bits per heavy atom. The van der Waals surface area contributed by atoms with Gasteiger partial charge in [0.15, 0.2) is 17.6 Å². The highest BCUT2D eigenvalue weighted by atomic mass is 16.6. The molecule has 0 spiro atoms. The van der Waals surface area contributed by atoms with Crippen LogP contribution < -0.4 is 14.8 Å². The van der Waals surface area contributed by atoms with Crippen LogP contribution in [0.3, 0.4) is 0 Å². The number of morpholine rings is 1. The number of benzene rings is 1. The van der Waals surface area contributed by atoms with E-state index >= 15 is 0 Å². The molecule has 1 aromatic heterocycles. The molecule has 1 N–H and O–H groups in total. The van der Waals surface area contributed by atoms with Gasteiger partial charge in [0.25, 0.3) is 0 Å². The summed E-state index contributed by atoms with van der Waals surface area (Å²) in [5.74, 6) is 1.50. The van der Waals surface area contributed by atoms with Gasteiger partial charge in [-0.1, -0.05) is 12.1 Å². The lowest BCUT2D eigenvalue weighted by molar-refractivity contribution is 0.0564. The first-order chi connectivity index (χ1) is 12.3. The van der Waals surface area contributed by atoms with Crippen molar-refractivity contribution in [3.8, 4) is 11.5 Å². The maximum atomic E-state index is 12.2. The van der Waals surface area contributed by atoms with Gasteiger partial charge >= 0.3 is 6.03 Å². The highest BCUT2D eigenvalue weighted by Gasteiger charge is 2.22. The second kappa shape index (κ2) is 7.02. The minimum Gasteiger partial charge on any atom is -0.486 e. The minimum atomic E-state index is -0.131. The average molecular weight is 344 g/mol. The average Bonchev–Trinajstić information content (AvgIpc) is 3.09. The number of hydrogen-bond acceptors (Lipinski definition) is 5. The molecule has 0 unspecified atom stereocenters. The third kappa shape index (κ3) is 3.69. The fraction of sp³-hybridized carbons (Fsp3) is 0.412. The van der Waals surface area contributed by atoms with E-state index in [0.717, 1.165) is 11.5 Å². The quantitative estimate of drug-likeness (QED) is 0.915. The van der Waals surface area contributed by atoms with Gasteiger partial charge in [-0.05, 0) is 12.1 Å². The van der Waals surface area contributed by atoms with Crippen molar-refractivity contribution in [3.63, 3.8) is 0 Å². The Labute approximate surface area is 145 Å². The van der Waals surface area contributed by atoms with Gasteiger partial charge in [-0.15, -0.1) is 0 Å². The van der Waals surface area contributed by atoms with Crippen LogP contribution in [0, 0.1) is 0 Å². The number of anilines is 1. The van der Waals surface area contributed by atoms with Gasteiger partial charge < -0.3 is 24.4 Å². The summed E-state index contributed by atoms with van der Waals surface area (Å²) in [6.45, 7) is 3.37. The van der Waals surface area contributed by atoms with Crippen molar-refractivity contribution in [1.29, 1.82) is 0 Å². The van der Waals surface area contributed by atoms with Crippen LogP contribution in [-0.4, -0.2) is 59.7 Å². The van der Waals surface area contributed by atoms with Crippen molar-refractivity contribution in [2.24, 2.45) is 0 Å². The Kier molecular flexibility index (Phi) is 4.43. The third-order valence-electron chi connectivity index (χ3n) is 4.14. The number of carbonyl (C=O) groups is 1. The van der Waals surface area contributed by atoms with Gasteiger partial charge in [-0.25, -0.2) is 4.79 Å². The SMILES string of the molecule is O=C(Nc1cnn(C[C@H]2COc3ccccc3O2)c1)N1CCOCC1. The first-order valence-electron chi connectivity index (χ1n) is 8.32. The van der Waals surface area contributed by atoms with Gasteiger partial charge in [0, 0.05) is 19.3 Å². The van der Waals surface area contributed by atoms with Crippen LogP contribution in [0.1, 0.15) is 0 Å². The molecule has 1 aromatic carbocycles. The van der Waals surface area contributed by atoms with Crippen LogP contribution in [0.15, 0.2) is 36.7 Å². The Morgan fingerprint density at radius 3 is 2.88 bits per heavy atom. The van der Waals surface area contributed by atoms with Crippen LogP contribution in [0.2, 0.25) is 0 Å². The molecule has 132 valence electrons. The number of amides is 2. The monoisotopic (exact) mass is 344 g/mol. The number of ether oxygens (including phenoxy) is 3. The van der Waals surface area contributed by atoms with E-state index in [9.17, 15) is 4.79 Å². The first-order valence-corrected chi connectivity index (χ1v) is 8.32. The van der Waals surface area contributed by atoms with Crippen molar-refractivity contribution >= 4 is 11.7 Å². The molecule has 3 heterocycles. The van der Waals surface area contributed by atoms with E-state index in [1.807, 2.05) is 24.3 Å². The predicted octanol–water partition coefficient (Wildman–Crippen LogP) is 1.59. The Bertz CT molecular complexity index is 742. The number of para-hydroxylation sites is 2. The molecule has 1 saturated heterocycles. The molecule has 0 aliphatic carbocycles. The maximum Gasteiger partial charge on any atom is 0.322 e.